The molecule has 0 bridgehead atoms. The molecule has 2 aliphatic rings. The summed E-state index contributed by atoms with van der Waals surface area (Å²) < 4.78 is 19.0. The summed E-state index contributed by atoms with van der Waals surface area (Å²) >= 11 is 1.27. The predicted molar refractivity (Wildman–Crippen MR) is 127 cm³/mol. The maximum absolute atomic E-state index is 13.6. The van der Waals surface area contributed by atoms with Gasteiger partial charge in [0.2, 0.25) is 5.91 Å². The van der Waals surface area contributed by atoms with E-state index in [2.05, 4.69) is 6.92 Å². The van der Waals surface area contributed by atoms with Crippen LogP contribution >= 0.6 is 11.3 Å². The summed E-state index contributed by atoms with van der Waals surface area (Å²) in [5, 5.41) is 9.94. The Bertz CT molecular complexity index is 766. The minimum absolute atomic E-state index is 0.0435. The topological polar surface area (TPSA) is 66.8 Å². The number of thiophene rings is 1. The molecule has 1 amide bonds. The molecule has 0 saturated heterocycles. The number of nitrogens with zero attached hydrogens (tertiary/aromatic N) is 1. The molecule has 1 aromatic heterocycles. The van der Waals surface area contributed by atoms with E-state index in [-0.39, 0.29) is 28.7 Å². The van der Waals surface area contributed by atoms with Crippen LogP contribution in [0.1, 0.15) is 98.5 Å². The molecule has 2 saturated carbocycles. The lowest BCUT2D eigenvalue weighted by Crippen LogP contribution is -2.39. The van der Waals surface area contributed by atoms with Gasteiger partial charge in [-0.1, -0.05) is 6.92 Å². The molecule has 0 aromatic carbocycles. The van der Waals surface area contributed by atoms with Gasteiger partial charge in [0.05, 0.1) is 11.8 Å². The third-order valence-corrected chi connectivity index (χ3v) is 8.58. The van der Waals surface area contributed by atoms with Crippen molar-refractivity contribution in [3.05, 3.63) is 15.8 Å². The lowest BCUT2D eigenvalue weighted by Gasteiger charge is -2.31. The quantitative estimate of drug-likeness (QED) is 0.455. The van der Waals surface area contributed by atoms with Crippen LogP contribution in [0.3, 0.4) is 0 Å². The average Bonchev–Trinajstić information content (AvgIpc) is 3.22. The third kappa shape index (κ3) is 6.31. The zero-order valence-electron chi connectivity index (χ0n) is 19.6. The normalized spacial score (nSPS) is 27.1. The van der Waals surface area contributed by atoms with Crippen LogP contribution in [0.4, 0.5) is 10.1 Å². The van der Waals surface area contributed by atoms with Gasteiger partial charge in [-0.3, -0.25) is 4.79 Å². The molecule has 1 atom stereocenters. The molecule has 0 spiro atoms. The fraction of sp³-hybridized carbons (Fsp3) is 0.760. The Morgan fingerprint density at radius 1 is 1.19 bits per heavy atom. The molecule has 5 nitrogen and oxygen atoms in total. The van der Waals surface area contributed by atoms with Gasteiger partial charge in [-0.25, -0.2) is 9.18 Å². The van der Waals surface area contributed by atoms with E-state index < -0.39 is 12.1 Å². The highest BCUT2D eigenvalue weighted by Gasteiger charge is 2.33. The third-order valence-electron chi connectivity index (χ3n) is 7.30. The van der Waals surface area contributed by atoms with Gasteiger partial charge in [-0.2, -0.15) is 0 Å². The molecule has 1 heterocycles. The van der Waals surface area contributed by atoms with Crippen LogP contribution in [0.2, 0.25) is 0 Å². The Morgan fingerprint density at radius 3 is 2.44 bits per heavy atom. The van der Waals surface area contributed by atoms with E-state index in [0.29, 0.717) is 31.0 Å². The second-order valence-electron chi connectivity index (χ2n) is 9.75. The first-order valence-electron chi connectivity index (χ1n) is 12.1. The van der Waals surface area contributed by atoms with Crippen LogP contribution in [-0.4, -0.2) is 42.9 Å². The van der Waals surface area contributed by atoms with Crippen molar-refractivity contribution in [2.24, 2.45) is 11.8 Å². The molecule has 0 aliphatic heterocycles. The molecule has 2 aliphatic carbocycles. The Balaban J connectivity index is 1.86. The fourth-order valence-corrected chi connectivity index (χ4v) is 6.19. The van der Waals surface area contributed by atoms with Gasteiger partial charge < -0.3 is 14.7 Å². The van der Waals surface area contributed by atoms with Gasteiger partial charge >= 0.3 is 5.97 Å². The zero-order valence-corrected chi connectivity index (χ0v) is 20.5. The first kappa shape index (κ1) is 25.2. The molecule has 2 fully saturated rings. The van der Waals surface area contributed by atoms with Crippen LogP contribution < -0.4 is 4.90 Å². The Kier molecular flexibility index (Phi) is 9.12. The van der Waals surface area contributed by atoms with E-state index >= 15 is 0 Å². The van der Waals surface area contributed by atoms with Crippen molar-refractivity contribution < 1.29 is 23.8 Å². The van der Waals surface area contributed by atoms with Crippen molar-refractivity contribution in [3.63, 3.8) is 0 Å². The minimum Gasteiger partial charge on any atom is -0.477 e. The van der Waals surface area contributed by atoms with Crippen LogP contribution in [0, 0.1) is 11.8 Å². The second-order valence-corrected chi connectivity index (χ2v) is 10.8. The molecule has 3 rings (SSSR count). The number of ether oxygens (including phenoxy) is 1. The number of methoxy groups -OCH3 is 1. The first-order valence-corrected chi connectivity index (χ1v) is 13.0. The van der Waals surface area contributed by atoms with Crippen molar-refractivity contribution in [1.82, 2.24) is 0 Å². The van der Waals surface area contributed by atoms with Gasteiger partial charge in [-0.15, -0.1) is 11.3 Å². The smallest absolute Gasteiger partial charge is 0.348 e. The van der Waals surface area contributed by atoms with E-state index in [1.807, 2.05) is 13.0 Å². The fourth-order valence-electron chi connectivity index (χ4n) is 5.02. The van der Waals surface area contributed by atoms with Gasteiger partial charge in [0.25, 0.3) is 0 Å². The molecule has 1 unspecified atom stereocenters. The maximum Gasteiger partial charge on any atom is 0.348 e. The highest BCUT2D eigenvalue weighted by atomic mass is 32.1. The molecule has 0 radical (unpaired) electrons. The van der Waals surface area contributed by atoms with Crippen LogP contribution in [-0.2, 0) is 9.53 Å². The van der Waals surface area contributed by atoms with Crippen molar-refractivity contribution >= 4 is 28.9 Å². The van der Waals surface area contributed by atoms with Crippen LogP contribution in [0.15, 0.2) is 6.07 Å². The lowest BCUT2D eigenvalue weighted by molar-refractivity contribution is -0.123. The molecular formula is C25H38FNO4S. The minimum atomic E-state index is -0.990. The number of anilines is 1. The number of amides is 1. The number of carbonyl (C=O) groups excluding carboxylic acids is 1. The molecule has 1 aromatic rings. The van der Waals surface area contributed by atoms with Crippen molar-refractivity contribution in [3.8, 4) is 0 Å². The summed E-state index contributed by atoms with van der Waals surface area (Å²) in [5.74, 6) is -0.155. The van der Waals surface area contributed by atoms with Gasteiger partial charge in [0, 0.05) is 24.4 Å². The highest BCUT2D eigenvalue weighted by Crippen LogP contribution is 2.42. The first-order chi connectivity index (χ1) is 15.3. The molecule has 7 heteroatoms. The zero-order chi connectivity index (χ0) is 23.3. The van der Waals surface area contributed by atoms with Crippen molar-refractivity contribution in [2.45, 2.75) is 96.2 Å². The summed E-state index contributed by atoms with van der Waals surface area (Å²) in [7, 11) is 1.68. The predicted octanol–water partition coefficient (Wildman–Crippen LogP) is 6.42. The summed E-state index contributed by atoms with van der Waals surface area (Å²) in [4.78, 5) is 28.7. The number of alkyl halides is 1. The van der Waals surface area contributed by atoms with E-state index in [1.54, 1.807) is 12.0 Å². The number of rotatable bonds is 9. The summed E-state index contributed by atoms with van der Waals surface area (Å²) in [5.41, 5.74) is 0.536. The molecule has 32 heavy (non-hydrogen) atoms. The van der Waals surface area contributed by atoms with Gasteiger partial charge in [0.1, 0.15) is 11.0 Å². The Hall–Kier alpha value is -1.47. The van der Waals surface area contributed by atoms with Crippen LogP contribution in [0.5, 0.6) is 0 Å². The van der Waals surface area contributed by atoms with Crippen LogP contribution in [0.25, 0.3) is 0 Å². The van der Waals surface area contributed by atoms with E-state index in [9.17, 15) is 19.1 Å². The lowest BCUT2D eigenvalue weighted by atomic mass is 9.82. The second kappa shape index (κ2) is 11.6. The molecular weight excluding hydrogens is 429 g/mol. The number of hydrogen-bond donors (Lipinski definition) is 1. The molecule has 180 valence electrons. The highest BCUT2D eigenvalue weighted by molar-refractivity contribution is 7.14. The maximum atomic E-state index is 13.6. The summed E-state index contributed by atoms with van der Waals surface area (Å²) in [6.07, 6.45) is 7.24. The largest absolute Gasteiger partial charge is 0.477 e. The van der Waals surface area contributed by atoms with E-state index in [4.69, 9.17) is 4.74 Å². The average molecular weight is 468 g/mol. The van der Waals surface area contributed by atoms with Gasteiger partial charge in [0.15, 0.2) is 0 Å². The number of carboxylic acid groups (broad SMARTS) is 1. The molecule has 1 N–H and O–H groups in total. The SMILES string of the molecule is COC(C)CCCN(C(=O)C1CCC(C)CC1)c1cc(C2CCC(F)CC2)sc1C(=O)O. The van der Waals surface area contributed by atoms with Gasteiger partial charge in [-0.05, 0) is 89.0 Å². The van der Waals surface area contributed by atoms with Crippen molar-refractivity contribution in [1.29, 1.82) is 0 Å². The van der Waals surface area contributed by atoms with Crippen molar-refractivity contribution in [2.75, 3.05) is 18.6 Å². The van der Waals surface area contributed by atoms with E-state index in [0.717, 1.165) is 56.2 Å². The summed E-state index contributed by atoms with van der Waals surface area (Å²) in [6.45, 7) is 4.72. The number of carbonyl (C=O) groups is 2. The number of halogens is 1. The Labute approximate surface area is 195 Å². The number of aromatic carboxylic acids is 1. The number of hydrogen-bond acceptors (Lipinski definition) is 4. The van der Waals surface area contributed by atoms with E-state index in [1.165, 1.54) is 11.3 Å². The number of carboxylic acids is 1. The monoisotopic (exact) mass is 467 g/mol. The Morgan fingerprint density at radius 2 is 1.84 bits per heavy atom. The standard InChI is InChI=1S/C25H38FNO4S/c1-16-6-8-19(9-7-16)24(28)27(14-4-5-17(2)31-3)21-15-22(32-23(21)25(29)30)18-10-12-20(26)13-11-18/h15-20H,4-14H2,1-3H3,(H,29,30). The summed E-state index contributed by atoms with van der Waals surface area (Å²) in [6, 6.07) is 1.92.